The zero-order valence-electron chi connectivity index (χ0n) is 20.5. The van der Waals surface area contributed by atoms with Crippen molar-refractivity contribution < 1.29 is 37.1 Å². The van der Waals surface area contributed by atoms with Gasteiger partial charge in [0.1, 0.15) is 0 Å². The van der Waals surface area contributed by atoms with Crippen molar-refractivity contribution in [1.29, 1.82) is 0 Å². The molecule has 1 heterocycles. The predicted molar refractivity (Wildman–Crippen MR) is 134 cm³/mol. The van der Waals surface area contributed by atoms with Crippen LogP contribution in [0.2, 0.25) is 0 Å². The molecule has 0 spiro atoms. The third-order valence-corrected chi connectivity index (χ3v) is 6.05. The van der Waals surface area contributed by atoms with Crippen LogP contribution in [-0.4, -0.2) is 41.9 Å². The average Bonchev–Trinajstić information content (AvgIpc) is 3.28. The summed E-state index contributed by atoms with van der Waals surface area (Å²) >= 11 is 0. The Kier molecular flexibility index (Phi) is 8.28. The number of esters is 1. The Morgan fingerprint density at radius 3 is 2.13 bits per heavy atom. The molecule has 0 aliphatic carbocycles. The van der Waals surface area contributed by atoms with Crippen molar-refractivity contribution in [3.8, 4) is 0 Å². The standard InChI is InChI=1S/C28H24F3N3O5/c29-28(30,31)21-12-7-13-22(15-21)32-23(35)17-39-27(38)20-14-24(36)34(16-20)33-26(37)25(18-8-3-1-4-9-18)19-10-5-2-6-11-19/h1-13,15,20,25H,14,16-17H2,(H,32,35)(H,33,37)/t20-/m1/s1. The van der Waals surface area contributed by atoms with Crippen molar-refractivity contribution in [2.24, 2.45) is 5.92 Å². The van der Waals surface area contributed by atoms with E-state index in [1.807, 2.05) is 12.1 Å². The van der Waals surface area contributed by atoms with Crippen LogP contribution in [0.15, 0.2) is 84.9 Å². The molecule has 3 aromatic rings. The van der Waals surface area contributed by atoms with Gasteiger partial charge in [-0.2, -0.15) is 13.2 Å². The molecule has 3 aromatic carbocycles. The first-order chi connectivity index (χ1) is 18.6. The Hall–Kier alpha value is -4.67. The summed E-state index contributed by atoms with van der Waals surface area (Å²) in [4.78, 5) is 50.4. The quantitative estimate of drug-likeness (QED) is 0.423. The fourth-order valence-corrected chi connectivity index (χ4v) is 4.18. The van der Waals surface area contributed by atoms with Crippen LogP contribution in [0.4, 0.5) is 18.9 Å². The first-order valence-electron chi connectivity index (χ1n) is 12.0. The van der Waals surface area contributed by atoms with E-state index in [1.165, 1.54) is 6.07 Å². The second-order valence-electron chi connectivity index (χ2n) is 8.87. The molecule has 0 unspecified atom stereocenters. The number of rotatable bonds is 8. The van der Waals surface area contributed by atoms with E-state index in [0.717, 1.165) is 34.3 Å². The van der Waals surface area contributed by atoms with Crippen molar-refractivity contribution in [1.82, 2.24) is 10.4 Å². The number of ether oxygens (including phenoxy) is 1. The van der Waals surface area contributed by atoms with Crippen LogP contribution in [0.1, 0.15) is 29.0 Å². The fraction of sp³-hybridized carbons (Fsp3) is 0.214. The number of hydrogen-bond donors (Lipinski definition) is 2. The van der Waals surface area contributed by atoms with Crippen LogP contribution in [0.5, 0.6) is 0 Å². The summed E-state index contributed by atoms with van der Waals surface area (Å²) in [6.45, 7) is -0.912. The number of hydrazine groups is 1. The van der Waals surface area contributed by atoms with Crippen LogP contribution in [0.3, 0.4) is 0 Å². The van der Waals surface area contributed by atoms with Gasteiger partial charge in [-0.3, -0.25) is 29.6 Å². The fourth-order valence-electron chi connectivity index (χ4n) is 4.18. The topological polar surface area (TPSA) is 105 Å². The van der Waals surface area contributed by atoms with Gasteiger partial charge in [0.05, 0.1) is 23.9 Å². The van der Waals surface area contributed by atoms with E-state index < -0.39 is 53.9 Å². The highest BCUT2D eigenvalue weighted by Gasteiger charge is 2.38. The summed E-state index contributed by atoms with van der Waals surface area (Å²) in [5.41, 5.74) is 2.98. The van der Waals surface area contributed by atoms with Crippen LogP contribution in [0.25, 0.3) is 0 Å². The lowest BCUT2D eigenvalue weighted by Gasteiger charge is -2.23. The van der Waals surface area contributed by atoms with Crippen LogP contribution < -0.4 is 10.7 Å². The molecule has 1 atom stereocenters. The lowest BCUT2D eigenvalue weighted by atomic mass is 9.91. The van der Waals surface area contributed by atoms with E-state index in [2.05, 4.69) is 10.7 Å². The lowest BCUT2D eigenvalue weighted by molar-refractivity contribution is -0.151. The average molecular weight is 540 g/mol. The Labute approximate surface area is 221 Å². The maximum Gasteiger partial charge on any atom is 0.416 e. The third kappa shape index (κ3) is 7.01. The predicted octanol–water partition coefficient (Wildman–Crippen LogP) is 3.90. The molecule has 0 saturated carbocycles. The van der Waals surface area contributed by atoms with Crippen LogP contribution >= 0.6 is 0 Å². The van der Waals surface area contributed by atoms with Gasteiger partial charge in [-0.15, -0.1) is 0 Å². The Morgan fingerprint density at radius 2 is 1.54 bits per heavy atom. The highest BCUT2D eigenvalue weighted by molar-refractivity contribution is 5.94. The summed E-state index contributed by atoms with van der Waals surface area (Å²) < 4.78 is 43.5. The van der Waals surface area contributed by atoms with Crippen LogP contribution in [0, 0.1) is 5.92 Å². The zero-order valence-corrected chi connectivity index (χ0v) is 20.5. The number of carbonyl (C=O) groups excluding carboxylic acids is 4. The van der Waals surface area contributed by atoms with E-state index in [0.29, 0.717) is 0 Å². The summed E-state index contributed by atoms with van der Waals surface area (Å²) in [5, 5.41) is 3.29. The molecule has 2 N–H and O–H groups in total. The minimum absolute atomic E-state index is 0.109. The smallest absolute Gasteiger partial charge is 0.416 e. The number of benzene rings is 3. The summed E-state index contributed by atoms with van der Waals surface area (Å²) in [6, 6.07) is 22.1. The van der Waals surface area contributed by atoms with Gasteiger partial charge in [0, 0.05) is 12.1 Å². The number of nitrogens with one attached hydrogen (secondary N) is 2. The molecule has 1 aliphatic heterocycles. The summed E-state index contributed by atoms with van der Waals surface area (Å²) in [7, 11) is 0. The maximum absolute atomic E-state index is 13.3. The van der Waals surface area contributed by atoms with Crippen molar-refractivity contribution in [3.05, 3.63) is 102 Å². The minimum Gasteiger partial charge on any atom is -0.455 e. The largest absolute Gasteiger partial charge is 0.455 e. The number of anilines is 1. The van der Waals surface area contributed by atoms with Gasteiger partial charge < -0.3 is 10.1 Å². The maximum atomic E-state index is 13.3. The highest BCUT2D eigenvalue weighted by atomic mass is 19.4. The molecule has 202 valence electrons. The van der Waals surface area contributed by atoms with Crippen molar-refractivity contribution in [3.63, 3.8) is 0 Å². The monoisotopic (exact) mass is 539 g/mol. The molecule has 39 heavy (non-hydrogen) atoms. The molecule has 1 aliphatic rings. The number of amides is 3. The molecule has 0 radical (unpaired) electrons. The van der Waals surface area contributed by atoms with E-state index >= 15 is 0 Å². The van der Waals surface area contributed by atoms with Gasteiger partial charge in [-0.05, 0) is 29.3 Å². The molecule has 1 fully saturated rings. The van der Waals surface area contributed by atoms with Crippen molar-refractivity contribution in [2.45, 2.75) is 18.5 Å². The first-order valence-corrected chi connectivity index (χ1v) is 12.0. The van der Waals surface area contributed by atoms with Crippen molar-refractivity contribution >= 4 is 29.4 Å². The minimum atomic E-state index is -4.58. The van der Waals surface area contributed by atoms with E-state index in [9.17, 15) is 32.3 Å². The molecular weight excluding hydrogens is 515 g/mol. The number of hydrogen-bond acceptors (Lipinski definition) is 5. The van der Waals surface area contributed by atoms with Gasteiger partial charge in [-0.25, -0.2) is 0 Å². The van der Waals surface area contributed by atoms with Gasteiger partial charge in [0.25, 0.3) is 11.8 Å². The van der Waals surface area contributed by atoms with E-state index in [-0.39, 0.29) is 18.7 Å². The first kappa shape index (κ1) is 27.4. The second-order valence-corrected chi connectivity index (χ2v) is 8.87. The number of nitrogens with zero attached hydrogens (tertiary/aromatic N) is 1. The van der Waals surface area contributed by atoms with Crippen LogP contribution in [-0.2, 0) is 30.1 Å². The van der Waals surface area contributed by atoms with Crippen molar-refractivity contribution in [2.75, 3.05) is 18.5 Å². The number of halogens is 3. The van der Waals surface area contributed by atoms with Gasteiger partial charge in [0.15, 0.2) is 6.61 Å². The van der Waals surface area contributed by atoms with Gasteiger partial charge in [-0.1, -0.05) is 66.7 Å². The zero-order chi connectivity index (χ0) is 28.0. The molecular formula is C28H24F3N3O5. The second kappa shape index (κ2) is 11.8. The molecule has 3 amide bonds. The molecule has 1 saturated heterocycles. The SMILES string of the molecule is O=C(COC(=O)[C@@H]1CC(=O)N(NC(=O)C(c2ccccc2)c2ccccc2)C1)Nc1cccc(C(F)(F)F)c1. The van der Waals surface area contributed by atoms with Gasteiger partial charge in [0.2, 0.25) is 5.91 Å². The number of carbonyl (C=O) groups is 4. The molecule has 11 heteroatoms. The van der Waals surface area contributed by atoms with Gasteiger partial charge >= 0.3 is 12.1 Å². The third-order valence-electron chi connectivity index (χ3n) is 6.05. The number of alkyl halides is 3. The lowest BCUT2D eigenvalue weighted by Crippen LogP contribution is -2.45. The summed E-state index contributed by atoms with van der Waals surface area (Å²) in [5.74, 6) is -4.29. The normalized spacial score (nSPS) is 15.2. The van der Waals surface area contributed by atoms with E-state index in [1.54, 1.807) is 48.5 Å². The Balaban J connectivity index is 1.33. The molecule has 0 aromatic heterocycles. The summed E-state index contributed by atoms with van der Waals surface area (Å²) in [6.07, 6.45) is -4.82. The molecule has 8 nitrogen and oxygen atoms in total. The molecule has 4 rings (SSSR count). The highest BCUT2D eigenvalue weighted by Crippen LogP contribution is 2.30. The van der Waals surface area contributed by atoms with E-state index in [4.69, 9.17) is 4.74 Å². The Morgan fingerprint density at radius 1 is 0.923 bits per heavy atom. The Bertz CT molecular complexity index is 1310. The molecule has 0 bridgehead atoms.